The van der Waals surface area contributed by atoms with Crippen molar-refractivity contribution in [2.24, 2.45) is 5.92 Å². The summed E-state index contributed by atoms with van der Waals surface area (Å²) in [5.41, 5.74) is 0.684. The fourth-order valence-corrected chi connectivity index (χ4v) is 3.63. The summed E-state index contributed by atoms with van der Waals surface area (Å²) in [6.07, 6.45) is -4.10. The van der Waals surface area contributed by atoms with Gasteiger partial charge in [-0.2, -0.15) is 13.2 Å². The molecule has 0 bridgehead atoms. The number of hydrogen-bond acceptors (Lipinski definition) is 4. The summed E-state index contributed by atoms with van der Waals surface area (Å²) in [7, 11) is 3.83. The van der Waals surface area contributed by atoms with Crippen LogP contribution < -0.4 is 10.2 Å². The molecular formula is C18H24F3N3O2. The molecule has 1 saturated heterocycles. The van der Waals surface area contributed by atoms with Crippen molar-refractivity contribution in [3.63, 3.8) is 0 Å². The highest BCUT2D eigenvalue weighted by Gasteiger charge is 2.41. The third-order valence-electron chi connectivity index (χ3n) is 4.98. The number of fused-ring (bicyclic) bond motifs is 3. The van der Waals surface area contributed by atoms with Crippen molar-refractivity contribution in [3.05, 3.63) is 29.3 Å². The van der Waals surface area contributed by atoms with Gasteiger partial charge in [0.2, 0.25) is 5.91 Å². The number of nitrogens with one attached hydrogen (secondary N) is 1. The van der Waals surface area contributed by atoms with Gasteiger partial charge < -0.3 is 19.9 Å². The number of ether oxygens (including phenoxy) is 1. The van der Waals surface area contributed by atoms with E-state index in [1.165, 1.54) is 12.1 Å². The van der Waals surface area contributed by atoms with Gasteiger partial charge in [0.05, 0.1) is 30.7 Å². The van der Waals surface area contributed by atoms with Crippen LogP contribution in [0.4, 0.5) is 18.9 Å². The van der Waals surface area contributed by atoms with Crippen molar-refractivity contribution in [2.75, 3.05) is 51.8 Å². The Morgan fingerprint density at radius 1 is 1.38 bits per heavy atom. The summed E-state index contributed by atoms with van der Waals surface area (Å²) in [6, 6.07) is 3.67. The van der Waals surface area contributed by atoms with Gasteiger partial charge >= 0.3 is 6.18 Å². The first-order valence-electron chi connectivity index (χ1n) is 8.74. The fraction of sp³-hybridized carbons (Fsp3) is 0.611. The molecule has 5 nitrogen and oxygen atoms in total. The Bertz CT molecular complexity index is 664. The summed E-state index contributed by atoms with van der Waals surface area (Å²) in [5.74, 6) is -0.552. The number of benzene rings is 1. The molecule has 0 aliphatic carbocycles. The van der Waals surface area contributed by atoms with Gasteiger partial charge in [0.1, 0.15) is 0 Å². The Labute approximate surface area is 151 Å². The molecule has 3 rings (SSSR count). The highest BCUT2D eigenvalue weighted by Crippen LogP contribution is 2.39. The molecule has 8 heteroatoms. The van der Waals surface area contributed by atoms with Crippen LogP contribution >= 0.6 is 0 Å². The number of halogens is 3. The number of carbonyl (C=O) groups is 1. The molecule has 144 valence electrons. The maximum absolute atomic E-state index is 13.1. The SMILES string of the molecule is CN(C)CCNC(=O)C1Cc2cc(C(F)(F)F)ccc2N2CCOCC12. The van der Waals surface area contributed by atoms with E-state index in [-0.39, 0.29) is 18.4 Å². The predicted octanol–water partition coefficient (Wildman–Crippen LogP) is 1.76. The zero-order valence-corrected chi connectivity index (χ0v) is 15.0. The molecule has 1 amide bonds. The molecule has 2 aliphatic rings. The van der Waals surface area contributed by atoms with E-state index in [1.54, 1.807) is 0 Å². The van der Waals surface area contributed by atoms with Crippen LogP contribution in [-0.2, 0) is 22.1 Å². The largest absolute Gasteiger partial charge is 0.416 e. The number of carbonyl (C=O) groups excluding carboxylic acids is 1. The van der Waals surface area contributed by atoms with E-state index in [2.05, 4.69) is 5.32 Å². The Morgan fingerprint density at radius 2 is 2.15 bits per heavy atom. The lowest BCUT2D eigenvalue weighted by Crippen LogP contribution is -2.57. The summed E-state index contributed by atoms with van der Waals surface area (Å²) in [6.45, 7) is 2.70. The Morgan fingerprint density at radius 3 is 2.85 bits per heavy atom. The van der Waals surface area contributed by atoms with E-state index in [9.17, 15) is 18.0 Å². The molecule has 0 aromatic heterocycles. The third kappa shape index (κ3) is 3.96. The van der Waals surface area contributed by atoms with Crippen LogP contribution in [0.5, 0.6) is 0 Å². The van der Waals surface area contributed by atoms with Crippen LogP contribution in [0.25, 0.3) is 0 Å². The van der Waals surface area contributed by atoms with E-state index >= 15 is 0 Å². The minimum absolute atomic E-state index is 0.129. The maximum atomic E-state index is 13.1. The number of nitrogens with zero attached hydrogens (tertiary/aromatic N) is 2. The fourth-order valence-electron chi connectivity index (χ4n) is 3.63. The second kappa shape index (κ2) is 7.44. The average Bonchev–Trinajstić information content (AvgIpc) is 2.59. The number of hydrogen-bond donors (Lipinski definition) is 1. The first-order chi connectivity index (χ1) is 12.3. The van der Waals surface area contributed by atoms with Crippen molar-refractivity contribution in [2.45, 2.75) is 18.6 Å². The van der Waals surface area contributed by atoms with Crippen molar-refractivity contribution >= 4 is 11.6 Å². The summed E-state index contributed by atoms with van der Waals surface area (Å²) < 4.78 is 44.8. The van der Waals surface area contributed by atoms with Crippen LogP contribution in [0.15, 0.2) is 18.2 Å². The molecule has 2 unspecified atom stereocenters. The molecular weight excluding hydrogens is 347 g/mol. The standard InChI is InChI=1S/C18H24F3N3O2/c1-23(2)6-5-22-17(25)14-10-12-9-13(18(19,20)21)3-4-15(12)24-7-8-26-11-16(14)24/h3-4,9,14,16H,5-8,10-11H2,1-2H3,(H,22,25). The predicted molar refractivity (Wildman–Crippen MR) is 92.2 cm³/mol. The smallest absolute Gasteiger partial charge is 0.377 e. The maximum Gasteiger partial charge on any atom is 0.416 e. The van der Waals surface area contributed by atoms with E-state index in [0.717, 1.165) is 11.8 Å². The van der Waals surface area contributed by atoms with Gasteiger partial charge in [-0.05, 0) is 44.3 Å². The van der Waals surface area contributed by atoms with Gasteiger partial charge in [0.25, 0.3) is 0 Å². The summed E-state index contributed by atoms with van der Waals surface area (Å²) in [5, 5.41) is 2.91. The van der Waals surface area contributed by atoms with Gasteiger partial charge in [-0.3, -0.25) is 4.79 Å². The molecule has 1 fully saturated rings. The zero-order chi connectivity index (χ0) is 18.9. The number of amides is 1. The van der Waals surface area contributed by atoms with Gasteiger partial charge in [-0.1, -0.05) is 0 Å². The van der Waals surface area contributed by atoms with Crippen molar-refractivity contribution < 1.29 is 22.7 Å². The van der Waals surface area contributed by atoms with Crippen LogP contribution in [0.3, 0.4) is 0 Å². The Kier molecular flexibility index (Phi) is 5.43. The van der Waals surface area contributed by atoms with E-state index in [1.807, 2.05) is 23.9 Å². The highest BCUT2D eigenvalue weighted by atomic mass is 19.4. The minimum atomic E-state index is -4.39. The number of rotatable bonds is 4. The molecule has 1 N–H and O–H groups in total. The van der Waals surface area contributed by atoms with E-state index in [0.29, 0.717) is 38.4 Å². The summed E-state index contributed by atoms with van der Waals surface area (Å²) >= 11 is 0. The highest BCUT2D eigenvalue weighted by molar-refractivity contribution is 5.82. The third-order valence-corrected chi connectivity index (χ3v) is 4.98. The van der Waals surface area contributed by atoms with Crippen molar-refractivity contribution in [1.82, 2.24) is 10.2 Å². The molecule has 1 aromatic rings. The lowest BCUT2D eigenvalue weighted by Gasteiger charge is -2.45. The molecule has 26 heavy (non-hydrogen) atoms. The van der Waals surface area contributed by atoms with Gasteiger partial charge in [0, 0.05) is 25.3 Å². The lowest BCUT2D eigenvalue weighted by molar-refractivity contribution is -0.137. The molecule has 2 aliphatic heterocycles. The van der Waals surface area contributed by atoms with Crippen molar-refractivity contribution in [3.8, 4) is 0 Å². The minimum Gasteiger partial charge on any atom is -0.377 e. The van der Waals surface area contributed by atoms with Gasteiger partial charge in [-0.15, -0.1) is 0 Å². The molecule has 2 heterocycles. The first kappa shape index (κ1) is 19.0. The molecule has 0 radical (unpaired) electrons. The monoisotopic (exact) mass is 371 g/mol. The number of anilines is 1. The van der Waals surface area contributed by atoms with Gasteiger partial charge in [0.15, 0.2) is 0 Å². The van der Waals surface area contributed by atoms with Crippen LogP contribution in [0.1, 0.15) is 11.1 Å². The first-order valence-corrected chi connectivity index (χ1v) is 8.74. The van der Waals surface area contributed by atoms with Crippen LogP contribution in [0.2, 0.25) is 0 Å². The van der Waals surface area contributed by atoms with Crippen LogP contribution in [0, 0.1) is 5.92 Å². The van der Waals surface area contributed by atoms with Gasteiger partial charge in [-0.25, -0.2) is 0 Å². The molecule has 0 saturated carbocycles. The lowest BCUT2D eigenvalue weighted by atomic mass is 9.84. The molecule has 0 spiro atoms. The average molecular weight is 371 g/mol. The van der Waals surface area contributed by atoms with E-state index < -0.39 is 17.7 Å². The number of alkyl halides is 3. The molecule has 1 aromatic carbocycles. The zero-order valence-electron chi connectivity index (χ0n) is 15.0. The second-order valence-corrected chi connectivity index (χ2v) is 7.08. The van der Waals surface area contributed by atoms with Crippen molar-refractivity contribution in [1.29, 1.82) is 0 Å². The van der Waals surface area contributed by atoms with Crippen LogP contribution in [-0.4, -0.2) is 63.8 Å². The summed E-state index contributed by atoms with van der Waals surface area (Å²) in [4.78, 5) is 16.7. The topological polar surface area (TPSA) is 44.8 Å². The Balaban J connectivity index is 1.85. The quantitative estimate of drug-likeness (QED) is 0.876. The second-order valence-electron chi connectivity index (χ2n) is 7.08. The number of likely N-dealkylation sites (N-methyl/N-ethyl adjacent to an activating group) is 1. The normalized spacial score (nSPS) is 22.8. The number of morpholine rings is 1. The van der Waals surface area contributed by atoms with E-state index in [4.69, 9.17) is 4.74 Å². The molecule has 2 atom stereocenters. The Hall–Kier alpha value is -1.80.